The van der Waals surface area contributed by atoms with Crippen LogP contribution >= 0.6 is 0 Å². The summed E-state index contributed by atoms with van der Waals surface area (Å²) in [5.74, 6) is 0.117. The smallest absolute Gasteiger partial charge is 0.361 e. The van der Waals surface area contributed by atoms with Crippen LogP contribution in [0.15, 0.2) is 66.7 Å². The van der Waals surface area contributed by atoms with E-state index in [1.807, 2.05) is 54.6 Å². The normalized spacial score (nSPS) is 12.0. The van der Waals surface area contributed by atoms with E-state index in [0.29, 0.717) is 5.39 Å². The summed E-state index contributed by atoms with van der Waals surface area (Å²) in [5.41, 5.74) is 0. The number of hydrogen-bond donors (Lipinski definition) is 1. The van der Waals surface area contributed by atoms with Crippen LogP contribution in [0.2, 0.25) is 0 Å². The minimum Gasteiger partial charge on any atom is -0.361 e. The van der Waals surface area contributed by atoms with Crippen molar-refractivity contribution in [1.29, 1.82) is 0 Å². The van der Waals surface area contributed by atoms with Crippen LogP contribution in [0.3, 0.4) is 0 Å². The van der Waals surface area contributed by atoms with E-state index in [-0.39, 0.29) is 5.75 Å². The van der Waals surface area contributed by atoms with E-state index in [0.717, 1.165) is 26.9 Å². The van der Waals surface area contributed by atoms with Gasteiger partial charge in [0.25, 0.3) is 0 Å². The van der Waals surface area contributed by atoms with Gasteiger partial charge in [-0.25, -0.2) is 0 Å². The Balaban J connectivity index is 2.15. The third kappa shape index (κ3) is 2.50. The standard InChI is InChI=1S/C18H12O4S/c19-23(20,21)22-17-7-3-6-12-8-9-15-10-13-4-1-2-5-14(13)11-16(15)18(12)17/h1-11H,(H,19,20,21). The Kier molecular flexibility index (Phi) is 3.01. The predicted molar refractivity (Wildman–Crippen MR) is 91.1 cm³/mol. The first-order valence-corrected chi connectivity index (χ1v) is 8.39. The van der Waals surface area contributed by atoms with Crippen molar-refractivity contribution in [2.75, 3.05) is 0 Å². The number of benzene rings is 4. The molecule has 0 spiro atoms. The fourth-order valence-corrected chi connectivity index (χ4v) is 3.32. The van der Waals surface area contributed by atoms with Crippen molar-refractivity contribution < 1.29 is 17.2 Å². The molecule has 114 valence electrons. The molecule has 0 fully saturated rings. The Morgan fingerprint density at radius 2 is 1.39 bits per heavy atom. The lowest BCUT2D eigenvalue weighted by Gasteiger charge is -2.10. The van der Waals surface area contributed by atoms with Crippen LogP contribution in [-0.4, -0.2) is 13.0 Å². The SMILES string of the molecule is O=S(=O)(O)Oc1cccc2ccc3cc4ccccc4cc3c12. The summed E-state index contributed by atoms with van der Waals surface area (Å²) >= 11 is 0. The quantitative estimate of drug-likeness (QED) is 0.339. The molecule has 5 heteroatoms. The zero-order valence-electron chi connectivity index (χ0n) is 11.9. The topological polar surface area (TPSA) is 63.6 Å². The van der Waals surface area contributed by atoms with E-state index in [1.165, 1.54) is 6.07 Å². The van der Waals surface area contributed by atoms with Gasteiger partial charge in [0.05, 0.1) is 0 Å². The van der Waals surface area contributed by atoms with Gasteiger partial charge in [0.15, 0.2) is 5.75 Å². The van der Waals surface area contributed by atoms with Gasteiger partial charge in [0.2, 0.25) is 0 Å². The molecule has 0 atom stereocenters. The van der Waals surface area contributed by atoms with Crippen molar-refractivity contribution in [1.82, 2.24) is 0 Å². The molecular formula is C18H12O4S. The highest BCUT2D eigenvalue weighted by Crippen LogP contribution is 2.35. The largest absolute Gasteiger partial charge is 0.446 e. The van der Waals surface area contributed by atoms with Crippen molar-refractivity contribution >= 4 is 42.7 Å². The summed E-state index contributed by atoms with van der Waals surface area (Å²) in [5, 5.41) is 5.51. The first kappa shape index (κ1) is 14.0. The molecule has 0 aromatic heterocycles. The molecule has 0 aliphatic rings. The molecule has 0 bridgehead atoms. The first-order chi connectivity index (χ1) is 11.0. The lowest BCUT2D eigenvalue weighted by atomic mass is 9.98. The molecule has 4 aromatic rings. The average molecular weight is 324 g/mol. The van der Waals surface area contributed by atoms with E-state index < -0.39 is 10.4 Å². The summed E-state index contributed by atoms with van der Waals surface area (Å²) < 4.78 is 36.0. The Hall–Kier alpha value is -2.63. The molecule has 4 aromatic carbocycles. The van der Waals surface area contributed by atoms with Crippen LogP contribution in [0.4, 0.5) is 0 Å². The van der Waals surface area contributed by atoms with Crippen molar-refractivity contribution in [2.45, 2.75) is 0 Å². The minimum atomic E-state index is -4.58. The molecule has 4 rings (SSSR count). The van der Waals surface area contributed by atoms with Crippen LogP contribution in [0.25, 0.3) is 32.3 Å². The number of rotatable bonds is 2. The molecule has 0 saturated heterocycles. The van der Waals surface area contributed by atoms with Crippen molar-refractivity contribution in [3.05, 3.63) is 66.7 Å². The van der Waals surface area contributed by atoms with Crippen LogP contribution in [-0.2, 0) is 10.4 Å². The van der Waals surface area contributed by atoms with Gasteiger partial charge in [-0.05, 0) is 45.1 Å². The van der Waals surface area contributed by atoms with Gasteiger partial charge in [-0.1, -0.05) is 48.5 Å². The van der Waals surface area contributed by atoms with Gasteiger partial charge in [-0.3, -0.25) is 4.55 Å². The Bertz CT molecular complexity index is 1160. The van der Waals surface area contributed by atoms with E-state index in [1.54, 1.807) is 6.07 Å². The van der Waals surface area contributed by atoms with Gasteiger partial charge in [0, 0.05) is 5.39 Å². The number of fused-ring (bicyclic) bond motifs is 4. The maximum absolute atomic E-state index is 11.1. The van der Waals surface area contributed by atoms with E-state index in [2.05, 4.69) is 0 Å². The average Bonchev–Trinajstić information content (AvgIpc) is 2.51. The second-order valence-electron chi connectivity index (χ2n) is 5.35. The fraction of sp³-hybridized carbons (Fsp3) is 0. The molecule has 0 amide bonds. The summed E-state index contributed by atoms with van der Waals surface area (Å²) in [6.45, 7) is 0. The molecular weight excluding hydrogens is 312 g/mol. The molecule has 0 aliphatic carbocycles. The van der Waals surface area contributed by atoms with E-state index in [4.69, 9.17) is 8.74 Å². The Morgan fingerprint density at radius 3 is 2.13 bits per heavy atom. The molecule has 0 unspecified atom stereocenters. The van der Waals surface area contributed by atoms with Crippen LogP contribution < -0.4 is 4.18 Å². The third-order valence-corrected chi connectivity index (χ3v) is 4.27. The molecule has 23 heavy (non-hydrogen) atoms. The fourth-order valence-electron chi connectivity index (χ4n) is 2.95. The summed E-state index contributed by atoms with van der Waals surface area (Å²) in [6, 6.07) is 21.0. The monoisotopic (exact) mass is 324 g/mol. The second-order valence-corrected chi connectivity index (χ2v) is 6.37. The summed E-state index contributed by atoms with van der Waals surface area (Å²) in [6.07, 6.45) is 0. The zero-order valence-corrected chi connectivity index (χ0v) is 12.7. The molecule has 1 N–H and O–H groups in total. The maximum atomic E-state index is 11.1. The number of hydrogen-bond acceptors (Lipinski definition) is 3. The molecule has 0 heterocycles. The molecule has 4 nitrogen and oxygen atoms in total. The lowest BCUT2D eigenvalue weighted by molar-refractivity contribution is 0.388. The molecule has 0 saturated carbocycles. The van der Waals surface area contributed by atoms with Crippen molar-refractivity contribution in [2.24, 2.45) is 0 Å². The second kappa shape index (κ2) is 4.94. The van der Waals surface area contributed by atoms with E-state index in [9.17, 15) is 8.42 Å². The highest BCUT2D eigenvalue weighted by atomic mass is 32.3. The summed E-state index contributed by atoms with van der Waals surface area (Å²) in [7, 11) is -4.58. The van der Waals surface area contributed by atoms with Crippen LogP contribution in [0.1, 0.15) is 0 Å². The Labute approximate surface area is 132 Å². The van der Waals surface area contributed by atoms with Gasteiger partial charge in [0.1, 0.15) is 0 Å². The lowest BCUT2D eigenvalue weighted by Crippen LogP contribution is -2.06. The summed E-state index contributed by atoms with van der Waals surface area (Å²) in [4.78, 5) is 0. The van der Waals surface area contributed by atoms with Gasteiger partial charge in [-0.15, -0.1) is 0 Å². The first-order valence-electron chi connectivity index (χ1n) is 7.02. The maximum Gasteiger partial charge on any atom is 0.446 e. The van der Waals surface area contributed by atoms with Crippen LogP contribution in [0.5, 0.6) is 5.75 Å². The van der Waals surface area contributed by atoms with Gasteiger partial charge in [-0.2, -0.15) is 8.42 Å². The van der Waals surface area contributed by atoms with E-state index >= 15 is 0 Å². The zero-order chi connectivity index (χ0) is 16.0. The highest BCUT2D eigenvalue weighted by Gasteiger charge is 2.13. The van der Waals surface area contributed by atoms with Crippen LogP contribution in [0, 0.1) is 0 Å². The van der Waals surface area contributed by atoms with Crippen molar-refractivity contribution in [3.63, 3.8) is 0 Å². The van der Waals surface area contributed by atoms with Crippen molar-refractivity contribution in [3.8, 4) is 5.75 Å². The highest BCUT2D eigenvalue weighted by molar-refractivity contribution is 7.81. The predicted octanol–water partition coefficient (Wildman–Crippen LogP) is 4.33. The molecule has 0 aliphatic heterocycles. The third-order valence-electron chi connectivity index (χ3n) is 3.88. The van der Waals surface area contributed by atoms with Gasteiger partial charge >= 0.3 is 10.4 Å². The Morgan fingerprint density at radius 1 is 0.739 bits per heavy atom. The minimum absolute atomic E-state index is 0.117. The molecule has 0 radical (unpaired) electrons. The van der Waals surface area contributed by atoms with Gasteiger partial charge < -0.3 is 4.18 Å².